The number of aliphatic hydroxyl groups is 1. The third-order valence-corrected chi connectivity index (χ3v) is 3.55. The molecular formula is C9H14N2O2S. The van der Waals surface area contributed by atoms with E-state index in [1.54, 1.807) is 6.20 Å². The molecule has 14 heavy (non-hydrogen) atoms. The van der Waals surface area contributed by atoms with E-state index in [1.807, 2.05) is 6.92 Å². The quantitative estimate of drug-likeness (QED) is 0.735. The summed E-state index contributed by atoms with van der Waals surface area (Å²) in [5, 5.41) is 10.9. The Morgan fingerprint density at radius 1 is 1.79 bits per heavy atom. The van der Waals surface area contributed by atoms with Gasteiger partial charge in [-0.05, 0) is 6.92 Å². The van der Waals surface area contributed by atoms with E-state index in [2.05, 4.69) is 4.98 Å². The Morgan fingerprint density at radius 2 is 2.57 bits per heavy atom. The number of nitrogen functional groups attached to an aromatic ring is 1. The molecule has 1 fully saturated rings. The highest BCUT2D eigenvalue weighted by Crippen LogP contribution is 2.37. The van der Waals surface area contributed by atoms with Crippen molar-refractivity contribution in [1.29, 1.82) is 0 Å². The average molecular weight is 214 g/mol. The van der Waals surface area contributed by atoms with Crippen molar-refractivity contribution in [2.24, 2.45) is 0 Å². The van der Waals surface area contributed by atoms with Crippen LogP contribution in [0.15, 0.2) is 6.20 Å². The number of hydrogen-bond donors (Lipinski definition) is 2. The molecule has 4 nitrogen and oxygen atoms in total. The van der Waals surface area contributed by atoms with Gasteiger partial charge >= 0.3 is 0 Å². The Balaban J connectivity index is 2.22. The number of ether oxygens (including phenoxy) is 1. The predicted molar refractivity (Wildman–Crippen MR) is 55.1 cm³/mol. The number of hydrogen-bond acceptors (Lipinski definition) is 5. The lowest BCUT2D eigenvalue weighted by molar-refractivity contribution is -0.0995. The van der Waals surface area contributed by atoms with Gasteiger partial charge in [-0.25, -0.2) is 4.98 Å². The van der Waals surface area contributed by atoms with E-state index in [9.17, 15) is 5.11 Å². The van der Waals surface area contributed by atoms with Crippen LogP contribution >= 0.6 is 11.3 Å². The van der Waals surface area contributed by atoms with Crippen molar-refractivity contribution in [3.05, 3.63) is 11.1 Å². The number of aromatic nitrogens is 1. The molecule has 0 aliphatic carbocycles. The molecule has 3 N–H and O–H groups in total. The molecule has 2 atom stereocenters. The third-order valence-electron chi connectivity index (χ3n) is 2.53. The summed E-state index contributed by atoms with van der Waals surface area (Å²) < 4.78 is 5.39. The van der Waals surface area contributed by atoms with Crippen LogP contribution in [0.1, 0.15) is 24.6 Å². The van der Waals surface area contributed by atoms with Crippen LogP contribution in [-0.2, 0) is 10.3 Å². The molecule has 2 unspecified atom stereocenters. The minimum absolute atomic E-state index is 0.0945. The van der Waals surface area contributed by atoms with Crippen LogP contribution in [0.2, 0.25) is 0 Å². The summed E-state index contributed by atoms with van der Waals surface area (Å²) >= 11 is 1.36. The number of nitrogens with two attached hydrogens (primary N) is 1. The molecule has 1 aliphatic rings. The van der Waals surface area contributed by atoms with Gasteiger partial charge in [0.05, 0.1) is 17.6 Å². The summed E-state index contributed by atoms with van der Waals surface area (Å²) in [6.45, 7) is 2.56. The number of nitrogens with zero attached hydrogens (tertiary/aromatic N) is 1. The first-order chi connectivity index (χ1) is 6.60. The van der Waals surface area contributed by atoms with Crippen molar-refractivity contribution in [3.8, 4) is 0 Å². The summed E-state index contributed by atoms with van der Waals surface area (Å²) in [7, 11) is 0. The zero-order valence-electron chi connectivity index (χ0n) is 8.06. The van der Waals surface area contributed by atoms with Gasteiger partial charge in [-0.1, -0.05) is 11.3 Å². The molecule has 0 aromatic carbocycles. The van der Waals surface area contributed by atoms with E-state index in [-0.39, 0.29) is 6.10 Å². The van der Waals surface area contributed by atoms with Crippen molar-refractivity contribution in [2.75, 3.05) is 12.3 Å². The van der Waals surface area contributed by atoms with E-state index >= 15 is 0 Å². The Morgan fingerprint density at radius 3 is 3.14 bits per heavy atom. The van der Waals surface area contributed by atoms with Crippen LogP contribution in [0.3, 0.4) is 0 Å². The van der Waals surface area contributed by atoms with Crippen LogP contribution in [-0.4, -0.2) is 22.8 Å². The second kappa shape index (κ2) is 3.49. The fourth-order valence-corrected chi connectivity index (χ4v) is 2.60. The monoisotopic (exact) mass is 214 g/mol. The minimum atomic E-state index is -0.785. The lowest BCUT2D eigenvalue weighted by atomic mass is 9.90. The first-order valence-corrected chi connectivity index (χ1v) is 5.47. The molecule has 5 heteroatoms. The highest BCUT2D eigenvalue weighted by molar-refractivity contribution is 7.15. The van der Waals surface area contributed by atoms with Crippen LogP contribution in [0.25, 0.3) is 0 Å². The number of thiazole rings is 1. The minimum Gasteiger partial charge on any atom is -0.384 e. The molecule has 1 aromatic rings. The summed E-state index contributed by atoms with van der Waals surface area (Å²) in [6, 6.07) is 0. The van der Waals surface area contributed by atoms with Crippen molar-refractivity contribution < 1.29 is 9.84 Å². The Hall–Kier alpha value is -0.650. The molecule has 2 rings (SSSR count). The van der Waals surface area contributed by atoms with Gasteiger partial charge < -0.3 is 15.6 Å². The molecule has 1 aliphatic heterocycles. The first-order valence-electron chi connectivity index (χ1n) is 4.66. The van der Waals surface area contributed by atoms with Gasteiger partial charge in [0.25, 0.3) is 0 Å². The smallest absolute Gasteiger partial charge is 0.180 e. The fourth-order valence-electron chi connectivity index (χ4n) is 1.79. The highest BCUT2D eigenvalue weighted by atomic mass is 32.1. The van der Waals surface area contributed by atoms with E-state index in [0.29, 0.717) is 24.6 Å². The Kier molecular flexibility index (Phi) is 2.47. The summed E-state index contributed by atoms with van der Waals surface area (Å²) in [5.41, 5.74) is 4.76. The largest absolute Gasteiger partial charge is 0.384 e. The molecule has 1 saturated heterocycles. The third kappa shape index (κ3) is 1.75. The maximum Gasteiger partial charge on any atom is 0.180 e. The zero-order chi connectivity index (χ0) is 10.2. The van der Waals surface area contributed by atoms with Gasteiger partial charge in [0.15, 0.2) is 5.13 Å². The van der Waals surface area contributed by atoms with E-state index in [4.69, 9.17) is 10.5 Å². The maximum atomic E-state index is 10.4. The van der Waals surface area contributed by atoms with E-state index in [0.717, 1.165) is 4.88 Å². The molecule has 0 bridgehead atoms. The average Bonchev–Trinajstić information content (AvgIpc) is 2.52. The van der Waals surface area contributed by atoms with Crippen LogP contribution in [0.5, 0.6) is 0 Å². The Labute approximate surface area is 86.7 Å². The molecule has 0 radical (unpaired) electrons. The second-order valence-corrected chi connectivity index (χ2v) is 4.79. The maximum absolute atomic E-state index is 10.4. The highest BCUT2D eigenvalue weighted by Gasteiger charge is 2.36. The fraction of sp³-hybridized carbons (Fsp3) is 0.667. The topological polar surface area (TPSA) is 68.4 Å². The molecule has 0 saturated carbocycles. The SMILES string of the molecule is CC1CC(O)(c2cnc(N)s2)CCO1. The number of rotatable bonds is 1. The van der Waals surface area contributed by atoms with Crippen LogP contribution in [0, 0.1) is 0 Å². The van der Waals surface area contributed by atoms with E-state index < -0.39 is 5.60 Å². The van der Waals surface area contributed by atoms with Crippen molar-refractivity contribution in [2.45, 2.75) is 31.5 Å². The standard InChI is InChI=1S/C9H14N2O2S/c1-6-4-9(12,2-3-13-6)7-5-11-8(10)14-7/h5-6,12H,2-4H2,1H3,(H2,10,11). The molecule has 1 aromatic heterocycles. The lowest BCUT2D eigenvalue weighted by Crippen LogP contribution is -2.36. The van der Waals surface area contributed by atoms with Crippen LogP contribution in [0.4, 0.5) is 5.13 Å². The molecule has 2 heterocycles. The summed E-state index contributed by atoms with van der Waals surface area (Å²) in [4.78, 5) is 4.81. The van der Waals surface area contributed by atoms with E-state index in [1.165, 1.54) is 11.3 Å². The summed E-state index contributed by atoms with van der Waals surface area (Å²) in [5.74, 6) is 0. The van der Waals surface area contributed by atoms with Gasteiger partial charge in [0.1, 0.15) is 5.60 Å². The second-order valence-electron chi connectivity index (χ2n) is 3.73. The van der Waals surface area contributed by atoms with Crippen molar-refractivity contribution >= 4 is 16.5 Å². The normalized spacial score (nSPS) is 33.1. The molecular weight excluding hydrogens is 200 g/mol. The number of anilines is 1. The predicted octanol–water partition coefficient (Wildman–Crippen LogP) is 1.11. The van der Waals surface area contributed by atoms with Crippen molar-refractivity contribution in [1.82, 2.24) is 4.98 Å². The first kappa shape index (κ1) is 9.89. The molecule has 78 valence electrons. The van der Waals surface area contributed by atoms with Gasteiger partial charge in [0, 0.05) is 19.0 Å². The van der Waals surface area contributed by atoms with Gasteiger partial charge in [0.2, 0.25) is 0 Å². The zero-order valence-corrected chi connectivity index (χ0v) is 8.88. The Bertz CT molecular complexity index is 328. The van der Waals surface area contributed by atoms with Gasteiger partial charge in [-0.2, -0.15) is 0 Å². The van der Waals surface area contributed by atoms with Crippen molar-refractivity contribution in [3.63, 3.8) is 0 Å². The van der Waals surface area contributed by atoms with Gasteiger partial charge in [-0.3, -0.25) is 0 Å². The molecule has 0 spiro atoms. The van der Waals surface area contributed by atoms with Crippen LogP contribution < -0.4 is 5.73 Å². The van der Waals surface area contributed by atoms with Gasteiger partial charge in [-0.15, -0.1) is 0 Å². The lowest BCUT2D eigenvalue weighted by Gasteiger charge is -2.34. The molecule has 0 amide bonds. The summed E-state index contributed by atoms with van der Waals surface area (Å²) in [6.07, 6.45) is 3.00.